The van der Waals surface area contributed by atoms with E-state index in [2.05, 4.69) is 10.2 Å². The van der Waals surface area contributed by atoms with Gasteiger partial charge in [0.2, 0.25) is 0 Å². The van der Waals surface area contributed by atoms with E-state index in [9.17, 15) is 13.2 Å². The summed E-state index contributed by atoms with van der Waals surface area (Å²) in [6.07, 6.45) is 2.69. The van der Waals surface area contributed by atoms with E-state index in [-0.39, 0.29) is 10.5 Å². The second kappa shape index (κ2) is 6.22. The van der Waals surface area contributed by atoms with Crippen molar-refractivity contribution >= 4 is 21.4 Å². The maximum absolute atomic E-state index is 12.3. The fraction of sp³-hybridized carbons (Fsp3) is 0.0588. The minimum Gasteiger partial charge on any atom is -0.267 e. The number of halogens is 1. The third-order valence-electron chi connectivity index (χ3n) is 3.58. The van der Waals surface area contributed by atoms with Gasteiger partial charge in [-0.2, -0.15) is 5.10 Å². The maximum atomic E-state index is 12.3. The average molecular weight is 361 g/mol. The van der Waals surface area contributed by atoms with Crippen molar-refractivity contribution in [2.24, 2.45) is 0 Å². The predicted octanol–water partition coefficient (Wildman–Crippen LogP) is 3.16. The summed E-state index contributed by atoms with van der Waals surface area (Å²) < 4.78 is 23.2. The molecule has 0 saturated carbocycles. The molecular weight excluding hydrogens is 348 g/mol. The Morgan fingerprint density at radius 1 is 0.958 bits per heavy atom. The first-order chi connectivity index (χ1) is 11.4. The van der Waals surface area contributed by atoms with Gasteiger partial charge < -0.3 is 0 Å². The molecule has 24 heavy (non-hydrogen) atoms. The molecule has 3 aromatic rings. The zero-order valence-corrected chi connectivity index (χ0v) is 14.2. The number of nitrogens with zero attached hydrogens (tertiary/aromatic N) is 1. The lowest BCUT2D eigenvalue weighted by Gasteiger charge is -2.09. The summed E-state index contributed by atoms with van der Waals surface area (Å²) in [5, 5.41) is 6.85. The van der Waals surface area contributed by atoms with Crippen LogP contribution in [-0.2, 0) is 9.84 Å². The van der Waals surface area contributed by atoms with Crippen LogP contribution in [0, 0.1) is 0 Å². The molecule has 3 rings (SSSR count). The minimum atomic E-state index is -3.28. The molecule has 1 N–H and O–H groups in total. The van der Waals surface area contributed by atoms with Crippen molar-refractivity contribution in [2.75, 3.05) is 6.26 Å². The molecule has 1 heterocycles. The monoisotopic (exact) mass is 360 g/mol. The van der Waals surface area contributed by atoms with Gasteiger partial charge in [-0.3, -0.25) is 4.79 Å². The van der Waals surface area contributed by atoms with Crippen molar-refractivity contribution < 1.29 is 8.42 Å². The Labute approximate surface area is 143 Å². The van der Waals surface area contributed by atoms with Crippen molar-refractivity contribution in [1.29, 1.82) is 0 Å². The van der Waals surface area contributed by atoms with E-state index in [0.717, 1.165) is 6.26 Å². The van der Waals surface area contributed by atoms with E-state index < -0.39 is 9.84 Å². The summed E-state index contributed by atoms with van der Waals surface area (Å²) in [5.74, 6) is 0. The summed E-state index contributed by atoms with van der Waals surface area (Å²) >= 11 is 5.90. The third kappa shape index (κ3) is 3.25. The normalized spacial score (nSPS) is 11.4. The smallest absolute Gasteiger partial charge is 0.267 e. The van der Waals surface area contributed by atoms with Crippen LogP contribution in [-0.4, -0.2) is 24.9 Å². The summed E-state index contributed by atoms with van der Waals surface area (Å²) in [6.45, 7) is 0. The molecule has 0 aliphatic rings. The fourth-order valence-corrected chi connectivity index (χ4v) is 3.16. The molecule has 0 spiro atoms. The van der Waals surface area contributed by atoms with Crippen LogP contribution in [0.5, 0.6) is 0 Å². The van der Waals surface area contributed by atoms with Gasteiger partial charge >= 0.3 is 0 Å². The highest BCUT2D eigenvalue weighted by molar-refractivity contribution is 7.90. The number of rotatable bonds is 3. The van der Waals surface area contributed by atoms with E-state index in [4.69, 9.17) is 11.6 Å². The lowest BCUT2D eigenvalue weighted by molar-refractivity contribution is 0.602. The molecule has 7 heteroatoms. The quantitative estimate of drug-likeness (QED) is 0.778. The van der Waals surface area contributed by atoms with Crippen molar-refractivity contribution in [2.45, 2.75) is 4.90 Å². The Balaban J connectivity index is 2.17. The zero-order chi connectivity index (χ0) is 17.3. The molecule has 5 nitrogen and oxygen atoms in total. The van der Waals surface area contributed by atoms with Crippen LogP contribution in [0.25, 0.3) is 22.3 Å². The summed E-state index contributed by atoms with van der Waals surface area (Å²) in [5.41, 5.74) is 2.13. The molecule has 0 radical (unpaired) electrons. The molecule has 2 aromatic carbocycles. The van der Waals surface area contributed by atoms with E-state index in [1.165, 1.54) is 12.1 Å². The van der Waals surface area contributed by atoms with Crippen LogP contribution in [0.4, 0.5) is 0 Å². The highest BCUT2D eigenvalue weighted by Crippen LogP contribution is 2.29. The third-order valence-corrected chi connectivity index (χ3v) is 4.96. The van der Waals surface area contributed by atoms with Crippen LogP contribution < -0.4 is 5.56 Å². The predicted molar refractivity (Wildman–Crippen MR) is 93.8 cm³/mol. The molecule has 122 valence electrons. The molecule has 0 saturated heterocycles. The van der Waals surface area contributed by atoms with Gasteiger partial charge in [0.15, 0.2) is 9.84 Å². The first-order valence-electron chi connectivity index (χ1n) is 7.00. The first kappa shape index (κ1) is 16.4. The number of H-pyrrole nitrogens is 1. The van der Waals surface area contributed by atoms with Crippen LogP contribution in [0.3, 0.4) is 0 Å². The van der Waals surface area contributed by atoms with Gasteiger partial charge in [0, 0.05) is 16.8 Å². The molecule has 0 aliphatic carbocycles. The topological polar surface area (TPSA) is 79.9 Å². The van der Waals surface area contributed by atoms with Gasteiger partial charge in [0.1, 0.15) is 0 Å². The second-order valence-electron chi connectivity index (χ2n) is 5.29. The standard InChI is InChI=1S/C17H13ClN2O3S/c1-24(22,23)14-8-4-11(5-9-14)15-10-19-20-17(21)16(15)12-2-6-13(18)7-3-12/h2-10H,1H3,(H,20,21). The van der Waals surface area contributed by atoms with Crippen molar-refractivity contribution in [3.8, 4) is 22.3 Å². The Hall–Kier alpha value is -2.44. The molecule has 0 atom stereocenters. The van der Waals surface area contributed by atoms with Crippen LogP contribution in [0.15, 0.2) is 64.4 Å². The summed E-state index contributed by atoms with van der Waals surface area (Å²) in [7, 11) is -3.28. The van der Waals surface area contributed by atoms with Gasteiger partial charge in [0.25, 0.3) is 5.56 Å². The minimum absolute atomic E-state index is 0.220. The van der Waals surface area contributed by atoms with Gasteiger partial charge in [-0.25, -0.2) is 13.5 Å². The number of aromatic amines is 1. The Kier molecular flexibility index (Phi) is 4.26. The van der Waals surface area contributed by atoms with Gasteiger partial charge in [0.05, 0.1) is 16.7 Å². The largest absolute Gasteiger partial charge is 0.272 e. The van der Waals surface area contributed by atoms with E-state index in [1.54, 1.807) is 42.6 Å². The summed E-state index contributed by atoms with van der Waals surface area (Å²) in [4.78, 5) is 12.5. The summed E-state index contributed by atoms with van der Waals surface area (Å²) in [6, 6.07) is 13.2. The van der Waals surface area contributed by atoms with E-state index >= 15 is 0 Å². The molecule has 1 aromatic heterocycles. The van der Waals surface area contributed by atoms with Crippen molar-refractivity contribution in [3.63, 3.8) is 0 Å². The van der Waals surface area contributed by atoms with Gasteiger partial charge in [-0.15, -0.1) is 0 Å². The molecule has 0 aliphatic heterocycles. The average Bonchev–Trinajstić information content (AvgIpc) is 2.55. The molecule has 0 bridgehead atoms. The maximum Gasteiger partial charge on any atom is 0.272 e. The second-order valence-corrected chi connectivity index (χ2v) is 7.74. The lowest BCUT2D eigenvalue weighted by atomic mass is 9.97. The van der Waals surface area contributed by atoms with Gasteiger partial charge in [-0.1, -0.05) is 35.9 Å². The number of sulfone groups is 1. The van der Waals surface area contributed by atoms with E-state index in [1.807, 2.05) is 0 Å². The Bertz CT molecular complexity index is 1040. The lowest BCUT2D eigenvalue weighted by Crippen LogP contribution is -2.12. The Morgan fingerprint density at radius 2 is 1.54 bits per heavy atom. The molecular formula is C17H13ClN2O3S. The van der Waals surface area contributed by atoms with E-state index in [0.29, 0.717) is 27.3 Å². The van der Waals surface area contributed by atoms with Crippen molar-refractivity contribution in [3.05, 3.63) is 70.1 Å². The van der Waals surface area contributed by atoms with Crippen LogP contribution in [0.2, 0.25) is 5.02 Å². The molecule has 0 fully saturated rings. The fourth-order valence-electron chi connectivity index (χ4n) is 2.40. The number of hydrogen-bond acceptors (Lipinski definition) is 4. The molecule has 0 unspecified atom stereocenters. The number of hydrogen-bond donors (Lipinski definition) is 1. The first-order valence-corrected chi connectivity index (χ1v) is 9.27. The highest BCUT2D eigenvalue weighted by atomic mass is 35.5. The number of benzene rings is 2. The Morgan fingerprint density at radius 3 is 2.12 bits per heavy atom. The van der Waals surface area contributed by atoms with Crippen molar-refractivity contribution in [1.82, 2.24) is 10.2 Å². The number of aromatic nitrogens is 2. The van der Waals surface area contributed by atoms with Gasteiger partial charge in [-0.05, 0) is 35.4 Å². The highest BCUT2D eigenvalue weighted by Gasteiger charge is 2.13. The zero-order valence-electron chi connectivity index (χ0n) is 12.7. The molecule has 0 amide bonds. The van der Waals surface area contributed by atoms with Crippen LogP contribution in [0.1, 0.15) is 0 Å². The number of nitrogens with one attached hydrogen (secondary N) is 1. The van der Waals surface area contributed by atoms with Crippen LogP contribution >= 0.6 is 11.6 Å². The SMILES string of the molecule is CS(=O)(=O)c1ccc(-c2cn[nH]c(=O)c2-c2ccc(Cl)cc2)cc1.